The first-order chi connectivity index (χ1) is 7.95. The highest BCUT2D eigenvalue weighted by molar-refractivity contribution is 5.85. The van der Waals surface area contributed by atoms with E-state index in [2.05, 4.69) is 0 Å². The number of aliphatic carboxylic acids is 1. The highest BCUT2D eigenvalue weighted by atomic mass is 16.9. The van der Waals surface area contributed by atoms with E-state index in [1.54, 1.807) is 0 Å². The van der Waals surface area contributed by atoms with Crippen LogP contribution in [0.25, 0.3) is 0 Å². The molecule has 0 bridgehead atoms. The summed E-state index contributed by atoms with van der Waals surface area (Å²) in [6.07, 6.45) is 2.17. The molecule has 5 nitrogen and oxygen atoms in total. The molecule has 1 aliphatic rings. The highest BCUT2D eigenvalue weighted by Crippen LogP contribution is 2.24. The topological polar surface area (TPSA) is 65.0 Å². The third-order valence-electron chi connectivity index (χ3n) is 2.24. The molecule has 0 saturated carbocycles. The van der Waals surface area contributed by atoms with E-state index < -0.39 is 11.9 Å². The second-order valence-electron chi connectivity index (χ2n) is 4.49. The Kier molecular flexibility index (Phi) is 5.11. The lowest BCUT2D eigenvalue weighted by Gasteiger charge is -2.34. The van der Waals surface area contributed by atoms with Gasteiger partial charge in [0.05, 0.1) is 19.8 Å². The average Bonchev–Trinajstić information content (AvgIpc) is 2.27. The van der Waals surface area contributed by atoms with Gasteiger partial charge in [0.1, 0.15) is 0 Å². The number of ether oxygens (including phenoxy) is 3. The molecule has 0 radical (unpaired) electrons. The Labute approximate surface area is 101 Å². The van der Waals surface area contributed by atoms with Gasteiger partial charge in [-0.15, -0.1) is 0 Å². The summed E-state index contributed by atoms with van der Waals surface area (Å²) in [5, 5.41) is 8.87. The molecular weight excluding hydrogens is 224 g/mol. The van der Waals surface area contributed by atoms with Gasteiger partial charge in [0.15, 0.2) is 0 Å². The van der Waals surface area contributed by atoms with Crippen molar-refractivity contribution >= 4 is 5.97 Å². The molecule has 1 saturated heterocycles. The molecular formula is C12H20O5. The van der Waals surface area contributed by atoms with Crippen molar-refractivity contribution in [1.82, 2.24) is 0 Å². The van der Waals surface area contributed by atoms with E-state index in [1.165, 1.54) is 13.0 Å². The molecule has 1 N–H and O–H groups in total. The van der Waals surface area contributed by atoms with Crippen molar-refractivity contribution in [2.24, 2.45) is 5.92 Å². The number of carbonyl (C=O) groups is 1. The predicted octanol–water partition coefficient (Wildman–Crippen LogP) is 1.78. The molecule has 5 heteroatoms. The van der Waals surface area contributed by atoms with Gasteiger partial charge in [-0.1, -0.05) is 13.8 Å². The monoisotopic (exact) mass is 244 g/mol. The lowest BCUT2D eigenvalue weighted by molar-refractivity contribution is -0.372. The molecule has 0 aromatic carbocycles. The molecule has 0 unspecified atom stereocenters. The summed E-state index contributed by atoms with van der Waals surface area (Å²) in [6.45, 7) is 6.95. The van der Waals surface area contributed by atoms with E-state index in [-0.39, 0.29) is 5.57 Å². The summed E-state index contributed by atoms with van der Waals surface area (Å²) in [7, 11) is 0. The molecule has 0 aromatic heterocycles. The van der Waals surface area contributed by atoms with Crippen LogP contribution >= 0.6 is 0 Å². The van der Waals surface area contributed by atoms with Crippen molar-refractivity contribution in [3.63, 3.8) is 0 Å². The fourth-order valence-electron chi connectivity index (χ4n) is 1.35. The van der Waals surface area contributed by atoms with Gasteiger partial charge in [-0.3, -0.25) is 0 Å². The van der Waals surface area contributed by atoms with Gasteiger partial charge in [-0.25, -0.2) is 4.79 Å². The van der Waals surface area contributed by atoms with Gasteiger partial charge in [-0.2, -0.15) is 0 Å². The van der Waals surface area contributed by atoms with Crippen LogP contribution < -0.4 is 0 Å². The number of carboxylic acid groups (broad SMARTS) is 1. The van der Waals surface area contributed by atoms with Crippen LogP contribution in [-0.2, 0) is 19.0 Å². The van der Waals surface area contributed by atoms with Crippen molar-refractivity contribution in [3.8, 4) is 0 Å². The predicted molar refractivity (Wildman–Crippen MR) is 61.4 cm³/mol. The fraction of sp³-hybridized carbons (Fsp3) is 0.750. The van der Waals surface area contributed by atoms with Gasteiger partial charge in [-0.05, 0) is 19.3 Å². The lowest BCUT2D eigenvalue weighted by atomic mass is 10.2. The van der Waals surface area contributed by atoms with Crippen molar-refractivity contribution in [2.75, 3.05) is 19.8 Å². The second-order valence-corrected chi connectivity index (χ2v) is 4.49. The smallest absolute Gasteiger partial charge is 0.331 e. The van der Waals surface area contributed by atoms with Crippen LogP contribution in [0.2, 0.25) is 0 Å². The van der Waals surface area contributed by atoms with E-state index in [1.807, 2.05) is 13.8 Å². The van der Waals surface area contributed by atoms with E-state index in [0.29, 0.717) is 25.7 Å². The maximum absolute atomic E-state index is 10.8. The maximum atomic E-state index is 10.8. The average molecular weight is 244 g/mol. The zero-order chi connectivity index (χ0) is 12.9. The van der Waals surface area contributed by atoms with Gasteiger partial charge < -0.3 is 19.3 Å². The molecule has 0 atom stereocenters. The molecule has 0 aromatic rings. The SMILES string of the molecule is CC(=CC1(OCC(C)C)OCCCO1)C(=O)O. The van der Waals surface area contributed by atoms with E-state index in [0.717, 1.165) is 6.42 Å². The Morgan fingerprint density at radius 3 is 2.53 bits per heavy atom. The fourth-order valence-corrected chi connectivity index (χ4v) is 1.35. The van der Waals surface area contributed by atoms with E-state index >= 15 is 0 Å². The van der Waals surface area contributed by atoms with E-state index in [9.17, 15) is 4.79 Å². The van der Waals surface area contributed by atoms with Gasteiger partial charge in [0, 0.05) is 11.6 Å². The summed E-state index contributed by atoms with van der Waals surface area (Å²) in [5.74, 6) is -2.01. The number of rotatable bonds is 5. The quantitative estimate of drug-likeness (QED) is 0.747. The van der Waals surface area contributed by atoms with Gasteiger partial charge in [0.25, 0.3) is 0 Å². The molecule has 1 rings (SSSR count). The van der Waals surface area contributed by atoms with E-state index in [4.69, 9.17) is 19.3 Å². The minimum Gasteiger partial charge on any atom is -0.478 e. The largest absolute Gasteiger partial charge is 0.478 e. The van der Waals surface area contributed by atoms with Crippen LogP contribution in [0.15, 0.2) is 11.6 Å². The summed E-state index contributed by atoms with van der Waals surface area (Å²) in [6, 6.07) is 0. The first-order valence-corrected chi connectivity index (χ1v) is 5.80. The maximum Gasteiger partial charge on any atom is 0.331 e. The number of carboxylic acids is 1. The summed E-state index contributed by atoms with van der Waals surface area (Å²) >= 11 is 0. The van der Waals surface area contributed by atoms with Crippen LogP contribution in [0.4, 0.5) is 0 Å². The van der Waals surface area contributed by atoms with Crippen LogP contribution in [0, 0.1) is 5.92 Å². The standard InChI is InChI=1S/C12H20O5/c1-9(2)8-17-12(7-10(3)11(13)14)15-5-4-6-16-12/h7,9H,4-6,8H2,1-3H3,(H,13,14). The van der Waals surface area contributed by atoms with Gasteiger partial charge in [0.2, 0.25) is 0 Å². The third kappa shape index (κ3) is 4.46. The Balaban J connectivity index is 2.77. The first kappa shape index (κ1) is 14.2. The Morgan fingerprint density at radius 1 is 1.47 bits per heavy atom. The van der Waals surface area contributed by atoms with Crippen LogP contribution in [0.3, 0.4) is 0 Å². The molecule has 0 spiro atoms. The minimum atomic E-state index is -1.33. The molecule has 0 aliphatic carbocycles. The third-order valence-corrected chi connectivity index (χ3v) is 2.24. The molecule has 1 heterocycles. The highest BCUT2D eigenvalue weighted by Gasteiger charge is 2.35. The van der Waals surface area contributed by atoms with Crippen molar-refractivity contribution in [2.45, 2.75) is 33.2 Å². The van der Waals surface area contributed by atoms with Crippen molar-refractivity contribution in [1.29, 1.82) is 0 Å². The Bertz CT molecular complexity index is 289. The number of hydrogen-bond donors (Lipinski definition) is 1. The zero-order valence-electron chi connectivity index (χ0n) is 10.6. The van der Waals surface area contributed by atoms with Gasteiger partial charge >= 0.3 is 11.9 Å². The number of hydrogen-bond acceptors (Lipinski definition) is 4. The van der Waals surface area contributed by atoms with Crippen LogP contribution in [0.1, 0.15) is 27.2 Å². The molecule has 98 valence electrons. The van der Waals surface area contributed by atoms with Crippen molar-refractivity contribution < 1.29 is 24.1 Å². The zero-order valence-corrected chi connectivity index (χ0v) is 10.6. The Hall–Kier alpha value is -0.910. The first-order valence-electron chi connectivity index (χ1n) is 5.80. The summed E-state index contributed by atoms with van der Waals surface area (Å²) in [5.41, 5.74) is 0.149. The molecule has 1 fully saturated rings. The molecule has 1 aliphatic heterocycles. The lowest BCUT2D eigenvalue weighted by Crippen LogP contribution is -2.42. The molecule has 17 heavy (non-hydrogen) atoms. The minimum absolute atomic E-state index is 0.149. The summed E-state index contributed by atoms with van der Waals surface area (Å²) in [4.78, 5) is 10.8. The van der Waals surface area contributed by atoms with Crippen molar-refractivity contribution in [3.05, 3.63) is 11.6 Å². The summed E-state index contributed by atoms with van der Waals surface area (Å²) < 4.78 is 16.5. The molecule has 0 amide bonds. The van der Waals surface area contributed by atoms with Crippen LogP contribution in [-0.4, -0.2) is 36.9 Å². The normalized spacial score (nSPS) is 20.6. The Morgan fingerprint density at radius 2 is 2.06 bits per heavy atom. The van der Waals surface area contributed by atoms with Crippen LogP contribution in [0.5, 0.6) is 0 Å². The second kappa shape index (κ2) is 6.14.